The molecule has 0 atom stereocenters. The Morgan fingerprint density at radius 3 is 2.08 bits per heavy atom. The number of hydrogen-bond acceptors (Lipinski definition) is 4. The van der Waals surface area contributed by atoms with E-state index in [0.717, 1.165) is 4.83 Å². The zero-order valence-corrected chi connectivity index (χ0v) is 23.5. The fourth-order valence-corrected chi connectivity index (χ4v) is 10.2. The van der Waals surface area contributed by atoms with Gasteiger partial charge < -0.3 is 4.57 Å². The second kappa shape index (κ2) is 7.67. The van der Waals surface area contributed by atoms with Crippen LogP contribution in [0.25, 0.3) is 88.1 Å². The molecule has 0 saturated carbocycles. The van der Waals surface area contributed by atoms with Crippen LogP contribution in [0.15, 0.2) is 109 Å². The monoisotopic (exact) mass is 562 g/mol. The van der Waals surface area contributed by atoms with Gasteiger partial charge in [0, 0.05) is 78.5 Å². The molecule has 0 unspecified atom stereocenters. The van der Waals surface area contributed by atoms with Gasteiger partial charge in [-0.05, 0) is 48.5 Å². The van der Waals surface area contributed by atoms with Crippen LogP contribution in [0.4, 0.5) is 0 Å². The molecule has 0 spiro atoms. The molecule has 0 aliphatic carbocycles. The zero-order chi connectivity index (χ0) is 25.9. The Morgan fingerprint density at radius 1 is 0.500 bits per heavy atom. The van der Waals surface area contributed by atoms with Gasteiger partial charge in [0.2, 0.25) is 0 Å². The number of fused-ring (bicyclic) bond motifs is 15. The number of aromatic nitrogens is 2. The van der Waals surface area contributed by atoms with Crippen LogP contribution >= 0.6 is 34.0 Å². The van der Waals surface area contributed by atoms with Crippen LogP contribution in [0.2, 0.25) is 0 Å². The van der Waals surface area contributed by atoms with E-state index in [-0.39, 0.29) is 0 Å². The third-order valence-electron chi connectivity index (χ3n) is 8.25. The number of hydrogen-bond donors (Lipinski definition) is 0. The van der Waals surface area contributed by atoms with Crippen molar-refractivity contribution in [2.75, 3.05) is 0 Å². The number of pyridine rings is 1. The minimum Gasteiger partial charge on any atom is -0.308 e. The molecular formula is C35H18N2S3. The maximum atomic E-state index is 4.81. The molecule has 0 N–H and O–H groups in total. The highest BCUT2D eigenvalue weighted by Crippen LogP contribution is 2.51. The summed E-state index contributed by atoms with van der Waals surface area (Å²) in [5.41, 5.74) is 3.75. The summed E-state index contributed by atoms with van der Waals surface area (Å²) >= 11 is 5.61. The van der Waals surface area contributed by atoms with Gasteiger partial charge in [-0.15, -0.1) is 34.0 Å². The van der Waals surface area contributed by atoms with Gasteiger partial charge in [0.25, 0.3) is 0 Å². The predicted molar refractivity (Wildman–Crippen MR) is 177 cm³/mol. The first-order valence-corrected chi connectivity index (χ1v) is 15.8. The number of nitrogens with zero attached hydrogens (tertiary/aromatic N) is 2. The van der Waals surface area contributed by atoms with Gasteiger partial charge in [0.15, 0.2) is 0 Å². The van der Waals surface area contributed by atoms with Crippen LogP contribution in [0, 0.1) is 0 Å². The third-order valence-corrected chi connectivity index (χ3v) is 11.7. The first-order valence-electron chi connectivity index (χ1n) is 13.3. The van der Waals surface area contributed by atoms with E-state index in [1.54, 1.807) is 0 Å². The van der Waals surface area contributed by atoms with E-state index in [2.05, 4.69) is 108 Å². The molecule has 10 rings (SSSR count). The molecular weight excluding hydrogens is 545 g/mol. The molecule has 0 fully saturated rings. The van der Waals surface area contributed by atoms with Gasteiger partial charge in [-0.2, -0.15) is 0 Å². The van der Waals surface area contributed by atoms with Crippen LogP contribution in [0.1, 0.15) is 0 Å². The van der Waals surface area contributed by atoms with Crippen LogP contribution < -0.4 is 0 Å². The molecule has 5 aromatic carbocycles. The van der Waals surface area contributed by atoms with Gasteiger partial charge in [-0.25, -0.2) is 4.98 Å². The maximum Gasteiger partial charge on any atom is 0.124 e. The minimum absolute atomic E-state index is 1.10. The van der Waals surface area contributed by atoms with Crippen molar-refractivity contribution in [3.63, 3.8) is 0 Å². The quantitative estimate of drug-likeness (QED) is 0.195. The molecule has 186 valence electrons. The van der Waals surface area contributed by atoms with E-state index in [1.165, 1.54) is 83.3 Å². The number of rotatable bonds is 1. The second-order valence-electron chi connectivity index (χ2n) is 10.3. The summed E-state index contributed by atoms with van der Waals surface area (Å²) in [7, 11) is 0. The lowest BCUT2D eigenvalue weighted by Gasteiger charge is -2.10. The smallest absolute Gasteiger partial charge is 0.124 e. The predicted octanol–water partition coefficient (Wildman–Crippen LogP) is 11.3. The fourth-order valence-electron chi connectivity index (χ4n) is 6.62. The van der Waals surface area contributed by atoms with Crippen molar-refractivity contribution in [2.45, 2.75) is 0 Å². The molecule has 0 saturated heterocycles. The van der Waals surface area contributed by atoms with Crippen LogP contribution in [-0.4, -0.2) is 9.55 Å². The van der Waals surface area contributed by atoms with Crippen molar-refractivity contribution >= 4 is 116 Å². The molecule has 10 aromatic rings. The fraction of sp³-hybridized carbons (Fsp3) is 0. The van der Waals surface area contributed by atoms with E-state index in [9.17, 15) is 0 Å². The molecule has 5 heteroatoms. The highest BCUT2D eigenvalue weighted by Gasteiger charge is 2.24. The second-order valence-corrected chi connectivity index (χ2v) is 13.5. The lowest BCUT2D eigenvalue weighted by atomic mass is 10.0. The summed E-state index contributed by atoms with van der Waals surface area (Å²) in [6.07, 6.45) is 1.92. The third kappa shape index (κ3) is 2.65. The van der Waals surface area contributed by atoms with Crippen LogP contribution in [0.5, 0.6) is 0 Å². The normalized spacial score (nSPS) is 12.5. The summed E-state index contributed by atoms with van der Waals surface area (Å²) in [5, 5.41) is 10.5. The van der Waals surface area contributed by atoms with Crippen LogP contribution in [-0.2, 0) is 0 Å². The van der Waals surface area contributed by atoms with Gasteiger partial charge >= 0.3 is 0 Å². The highest BCUT2D eigenvalue weighted by atomic mass is 32.1. The van der Waals surface area contributed by atoms with Gasteiger partial charge in [0.1, 0.15) is 4.83 Å². The van der Waals surface area contributed by atoms with Crippen molar-refractivity contribution < 1.29 is 0 Å². The lowest BCUT2D eigenvalue weighted by Crippen LogP contribution is -1.94. The van der Waals surface area contributed by atoms with E-state index in [0.29, 0.717) is 0 Å². The van der Waals surface area contributed by atoms with Crippen molar-refractivity contribution in [3.8, 4) is 5.69 Å². The Hall–Kier alpha value is -4.29. The molecule has 0 bridgehead atoms. The maximum absolute atomic E-state index is 4.81. The van der Waals surface area contributed by atoms with Crippen molar-refractivity contribution in [1.29, 1.82) is 0 Å². The summed E-state index contributed by atoms with van der Waals surface area (Å²) in [6.45, 7) is 0. The molecule has 0 aliphatic heterocycles. The Labute approximate surface area is 240 Å². The van der Waals surface area contributed by atoms with Crippen molar-refractivity contribution in [1.82, 2.24) is 9.55 Å². The van der Waals surface area contributed by atoms with Gasteiger partial charge in [0.05, 0.1) is 11.0 Å². The van der Waals surface area contributed by atoms with Gasteiger partial charge in [-0.1, -0.05) is 54.6 Å². The largest absolute Gasteiger partial charge is 0.308 e. The van der Waals surface area contributed by atoms with E-state index >= 15 is 0 Å². The SMILES string of the molecule is c1ccc2c(c1)sc1ccc(-n3c4ccccc4c4c5sc6ncccc6c5c5sc6ccccc6c5c43)cc12. The standard InChI is InChI=1S/C35H18N2S3/c1-4-12-25-21(9-1)29-32(37(25)19-15-16-28-24(18-19)20-8-2-5-13-26(20)38-28)30-22-10-3-6-14-27(22)39-33(30)31-23-11-7-17-36-35(23)40-34(29)31/h1-18H. The summed E-state index contributed by atoms with van der Waals surface area (Å²) < 4.78 is 9.20. The van der Waals surface area contributed by atoms with E-state index in [1.807, 2.05) is 40.2 Å². The molecule has 5 heterocycles. The molecule has 5 aromatic heterocycles. The highest BCUT2D eigenvalue weighted by molar-refractivity contribution is 7.30. The van der Waals surface area contributed by atoms with Gasteiger partial charge in [-0.3, -0.25) is 0 Å². The van der Waals surface area contributed by atoms with E-state index in [4.69, 9.17) is 4.98 Å². The van der Waals surface area contributed by atoms with Crippen molar-refractivity contribution in [2.24, 2.45) is 0 Å². The average Bonchev–Trinajstić information content (AvgIpc) is 3.75. The number of benzene rings is 5. The Kier molecular flexibility index (Phi) is 4.13. The lowest BCUT2D eigenvalue weighted by molar-refractivity contribution is 1.19. The minimum atomic E-state index is 1.10. The molecule has 0 amide bonds. The first-order chi connectivity index (χ1) is 19.8. The number of para-hydroxylation sites is 1. The molecule has 2 nitrogen and oxygen atoms in total. The first kappa shape index (κ1) is 21.5. The van der Waals surface area contributed by atoms with E-state index < -0.39 is 0 Å². The molecule has 40 heavy (non-hydrogen) atoms. The summed E-state index contributed by atoms with van der Waals surface area (Å²) in [5.74, 6) is 0. The zero-order valence-electron chi connectivity index (χ0n) is 21.0. The van der Waals surface area contributed by atoms with Crippen molar-refractivity contribution in [3.05, 3.63) is 109 Å². The topological polar surface area (TPSA) is 17.8 Å². The summed E-state index contributed by atoms with van der Waals surface area (Å²) in [4.78, 5) is 5.91. The Bertz CT molecular complexity index is 2630. The molecule has 0 radical (unpaired) electrons. The summed E-state index contributed by atoms with van der Waals surface area (Å²) in [6, 6.07) is 37.9. The number of thiophene rings is 3. The Morgan fingerprint density at radius 2 is 1.18 bits per heavy atom. The molecule has 0 aliphatic rings. The van der Waals surface area contributed by atoms with Crippen LogP contribution in [0.3, 0.4) is 0 Å². The Balaban J connectivity index is 1.50. The average molecular weight is 563 g/mol.